The zero-order valence-electron chi connectivity index (χ0n) is 19.7. The normalized spacial score (nSPS) is 10.4. The van der Waals surface area contributed by atoms with Crippen molar-refractivity contribution in [2.45, 2.75) is 12.8 Å². The van der Waals surface area contributed by atoms with E-state index in [1.54, 1.807) is 24.3 Å². The number of rotatable bonds is 9. The minimum atomic E-state index is -0.657. The fraction of sp³-hybridized carbons (Fsp3) is 0.0769. The van der Waals surface area contributed by atoms with E-state index in [4.69, 9.17) is 0 Å². The number of aromatic nitrogens is 2. The van der Waals surface area contributed by atoms with Gasteiger partial charge < -0.3 is 10.6 Å². The lowest BCUT2D eigenvalue weighted by Gasteiger charge is -2.18. The molecule has 0 aliphatic rings. The third kappa shape index (κ3) is 6.22. The summed E-state index contributed by atoms with van der Waals surface area (Å²) in [5.41, 5.74) is 7.29. The van der Waals surface area contributed by atoms with E-state index in [0.717, 1.165) is 17.5 Å². The van der Waals surface area contributed by atoms with Crippen LogP contribution in [-0.2, 0) is 9.59 Å². The Kier molecular flexibility index (Phi) is 7.64. The summed E-state index contributed by atoms with van der Waals surface area (Å²) in [5.74, 6) is -1.56. The van der Waals surface area contributed by atoms with Gasteiger partial charge in [0.25, 0.3) is 0 Å². The largest absolute Gasteiger partial charge is 0.355 e. The lowest BCUT2D eigenvalue weighted by molar-refractivity contribution is -0.383. The maximum absolute atomic E-state index is 13.3. The van der Waals surface area contributed by atoms with E-state index < -0.39 is 22.4 Å². The number of hydrogen-bond donors (Lipinski definition) is 4. The van der Waals surface area contributed by atoms with Gasteiger partial charge in [0.2, 0.25) is 23.5 Å². The molecule has 0 aliphatic heterocycles. The molecule has 11 heteroatoms. The van der Waals surface area contributed by atoms with E-state index in [1.165, 1.54) is 6.92 Å². The van der Waals surface area contributed by atoms with Crippen LogP contribution < -0.4 is 21.5 Å². The minimum Gasteiger partial charge on any atom is -0.334 e. The van der Waals surface area contributed by atoms with Crippen molar-refractivity contribution in [2.24, 2.45) is 0 Å². The van der Waals surface area contributed by atoms with E-state index >= 15 is 0 Å². The monoisotopic (exact) mass is 497 g/mol. The zero-order valence-corrected chi connectivity index (χ0v) is 19.7. The van der Waals surface area contributed by atoms with E-state index in [9.17, 15) is 19.7 Å². The molecule has 11 nitrogen and oxygen atoms in total. The highest BCUT2D eigenvalue weighted by molar-refractivity contribution is 5.89. The number of hydrazine groups is 1. The van der Waals surface area contributed by atoms with Crippen molar-refractivity contribution < 1.29 is 14.5 Å². The molecule has 1 aromatic heterocycles. The number of anilines is 4. The van der Waals surface area contributed by atoms with Crippen molar-refractivity contribution >= 4 is 40.5 Å². The Morgan fingerprint density at radius 3 is 1.89 bits per heavy atom. The van der Waals surface area contributed by atoms with Crippen molar-refractivity contribution in [3.8, 4) is 0 Å². The SMILES string of the molecule is CC(=O)Nc1ccc(Nc2ncnc(NNC(=O)C(c3ccccc3)c3ccccc3)c2[N+](=O)[O-])cc1. The molecule has 1 heterocycles. The molecule has 0 fully saturated rings. The van der Waals surface area contributed by atoms with Crippen LogP contribution in [0.4, 0.5) is 28.7 Å². The van der Waals surface area contributed by atoms with Gasteiger partial charge in [-0.15, -0.1) is 0 Å². The van der Waals surface area contributed by atoms with Crippen molar-refractivity contribution in [1.82, 2.24) is 15.4 Å². The van der Waals surface area contributed by atoms with Gasteiger partial charge in [0.05, 0.1) is 10.8 Å². The molecule has 4 N–H and O–H groups in total. The topological polar surface area (TPSA) is 151 Å². The molecule has 4 aromatic rings. The van der Waals surface area contributed by atoms with Gasteiger partial charge in [0, 0.05) is 18.3 Å². The number of nitrogens with zero attached hydrogens (tertiary/aromatic N) is 3. The summed E-state index contributed by atoms with van der Waals surface area (Å²) in [6.45, 7) is 1.39. The Labute approximate surface area is 212 Å². The summed E-state index contributed by atoms with van der Waals surface area (Å²) < 4.78 is 0. The van der Waals surface area contributed by atoms with Gasteiger partial charge in [-0.3, -0.25) is 30.6 Å². The third-order valence-corrected chi connectivity index (χ3v) is 5.30. The van der Waals surface area contributed by atoms with Gasteiger partial charge >= 0.3 is 5.69 Å². The van der Waals surface area contributed by atoms with Crippen molar-refractivity contribution in [2.75, 3.05) is 16.1 Å². The second-order valence-corrected chi connectivity index (χ2v) is 7.93. The second kappa shape index (κ2) is 11.4. The number of benzene rings is 3. The Morgan fingerprint density at radius 1 is 0.811 bits per heavy atom. The van der Waals surface area contributed by atoms with Crippen LogP contribution in [0.3, 0.4) is 0 Å². The van der Waals surface area contributed by atoms with Crippen LogP contribution in [0.1, 0.15) is 24.0 Å². The molecule has 0 unspecified atom stereocenters. The molecule has 0 spiro atoms. The highest BCUT2D eigenvalue weighted by atomic mass is 16.6. The Morgan fingerprint density at radius 2 is 1.35 bits per heavy atom. The highest BCUT2D eigenvalue weighted by Gasteiger charge is 2.26. The molecule has 0 saturated heterocycles. The molecule has 4 rings (SSSR count). The van der Waals surface area contributed by atoms with Gasteiger partial charge in [-0.2, -0.15) is 0 Å². The number of amides is 2. The molecule has 0 saturated carbocycles. The molecule has 0 aliphatic carbocycles. The first-order valence-electron chi connectivity index (χ1n) is 11.2. The van der Waals surface area contributed by atoms with Crippen LogP contribution in [0, 0.1) is 10.1 Å². The molecular weight excluding hydrogens is 474 g/mol. The quantitative estimate of drug-likeness (QED) is 0.197. The first-order valence-corrected chi connectivity index (χ1v) is 11.2. The molecule has 3 aromatic carbocycles. The fourth-order valence-electron chi connectivity index (χ4n) is 3.69. The molecule has 186 valence electrons. The summed E-state index contributed by atoms with van der Waals surface area (Å²) >= 11 is 0. The highest BCUT2D eigenvalue weighted by Crippen LogP contribution is 2.31. The lowest BCUT2D eigenvalue weighted by atomic mass is 9.91. The molecule has 2 amide bonds. The number of nitrogens with one attached hydrogen (secondary N) is 4. The maximum Gasteiger partial charge on any atom is 0.355 e. The van der Waals surface area contributed by atoms with E-state index in [0.29, 0.717) is 11.4 Å². The van der Waals surface area contributed by atoms with Gasteiger partial charge in [0.15, 0.2) is 0 Å². The van der Waals surface area contributed by atoms with Gasteiger partial charge in [0.1, 0.15) is 6.33 Å². The molecule has 0 radical (unpaired) electrons. The first-order chi connectivity index (χ1) is 17.9. The van der Waals surface area contributed by atoms with Gasteiger partial charge in [-0.25, -0.2) is 9.97 Å². The van der Waals surface area contributed by atoms with Crippen LogP contribution >= 0.6 is 0 Å². The molecule has 0 atom stereocenters. The molecule has 37 heavy (non-hydrogen) atoms. The van der Waals surface area contributed by atoms with Gasteiger partial charge in [-0.05, 0) is 35.4 Å². The number of carbonyl (C=O) groups excluding carboxylic acids is 2. The number of nitro groups is 1. The van der Waals surface area contributed by atoms with E-state index in [1.807, 2.05) is 60.7 Å². The average Bonchev–Trinajstić information content (AvgIpc) is 2.89. The third-order valence-electron chi connectivity index (χ3n) is 5.30. The summed E-state index contributed by atoms with van der Waals surface area (Å²) in [4.78, 5) is 43.7. The molecule has 0 bridgehead atoms. The summed E-state index contributed by atoms with van der Waals surface area (Å²) in [5, 5.41) is 17.4. The standard InChI is InChI=1S/C26H23N7O4/c1-17(34)29-20-12-14-21(15-13-20)30-24-23(33(36)37)25(28-16-27-24)31-32-26(35)22(18-8-4-2-5-9-18)19-10-6-3-7-11-19/h2-16,22H,1H3,(H,29,34)(H,32,35)(H2,27,28,30,31). The summed E-state index contributed by atoms with van der Waals surface area (Å²) in [7, 11) is 0. The van der Waals surface area contributed by atoms with Gasteiger partial charge in [-0.1, -0.05) is 60.7 Å². The van der Waals surface area contributed by atoms with Crippen LogP contribution in [-0.4, -0.2) is 26.7 Å². The van der Waals surface area contributed by atoms with Crippen LogP contribution in [0.15, 0.2) is 91.3 Å². The average molecular weight is 498 g/mol. The van der Waals surface area contributed by atoms with E-state index in [-0.39, 0.29) is 17.5 Å². The molecular formula is C26H23N7O4. The lowest BCUT2D eigenvalue weighted by Crippen LogP contribution is -2.35. The van der Waals surface area contributed by atoms with Crippen LogP contribution in [0.5, 0.6) is 0 Å². The minimum absolute atomic E-state index is 0.0771. The van der Waals surface area contributed by atoms with Crippen molar-refractivity contribution in [1.29, 1.82) is 0 Å². The Hall–Kier alpha value is -5.32. The van der Waals surface area contributed by atoms with Crippen LogP contribution in [0.2, 0.25) is 0 Å². The fourth-order valence-corrected chi connectivity index (χ4v) is 3.69. The summed E-state index contributed by atoms with van der Waals surface area (Å²) in [6.07, 6.45) is 1.14. The maximum atomic E-state index is 13.3. The van der Waals surface area contributed by atoms with E-state index in [2.05, 4.69) is 31.5 Å². The second-order valence-electron chi connectivity index (χ2n) is 7.93. The number of hydrogen-bond acceptors (Lipinski definition) is 8. The van der Waals surface area contributed by atoms with Crippen molar-refractivity contribution in [3.05, 3.63) is 112 Å². The summed E-state index contributed by atoms with van der Waals surface area (Å²) in [6, 6.07) is 25.0. The number of carbonyl (C=O) groups is 2. The predicted molar refractivity (Wildman–Crippen MR) is 139 cm³/mol. The Balaban J connectivity index is 1.55. The Bertz CT molecular complexity index is 1360. The zero-order chi connectivity index (χ0) is 26.2. The smallest absolute Gasteiger partial charge is 0.334 e. The predicted octanol–water partition coefficient (Wildman–Crippen LogP) is 4.36. The van der Waals surface area contributed by atoms with Crippen molar-refractivity contribution in [3.63, 3.8) is 0 Å². The first kappa shape index (κ1) is 24.8. The van der Waals surface area contributed by atoms with Crippen LogP contribution in [0.25, 0.3) is 0 Å².